The largest absolute Gasteiger partial charge is 0.406 e. The maximum absolute atomic E-state index is 7.20. The van der Waals surface area contributed by atoms with Crippen molar-refractivity contribution in [2.75, 3.05) is 31.1 Å². The van der Waals surface area contributed by atoms with Crippen molar-refractivity contribution in [2.45, 2.75) is 31.9 Å². The minimum Gasteiger partial charge on any atom is -0.406 e. The van der Waals surface area contributed by atoms with E-state index in [1.807, 2.05) is 17.4 Å². The molecule has 0 aliphatic carbocycles. The van der Waals surface area contributed by atoms with Gasteiger partial charge in [-0.2, -0.15) is 0 Å². The van der Waals surface area contributed by atoms with Crippen LogP contribution in [0.1, 0.15) is 20.8 Å². The summed E-state index contributed by atoms with van der Waals surface area (Å²) < 4.78 is 8.44. The van der Waals surface area contributed by atoms with Gasteiger partial charge < -0.3 is 14.6 Å². The molecule has 1 N–H and O–H groups in total. The molecule has 0 spiro atoms. The molecule has 2 heterocycles. The fourth-order valence-corrected chi connectivity index (χ4v) is 11.3. The van der Waals surface area contributed by atoms with Crippen LogP contribution in [0.15, 0.2) is 84.9 Å². The zero-order valence-corrected chi connectivity index (χ0v) is 23.2. The number of nitrogens with zero attached hydrogens (tertiary/aromatic N) is 1. The molecule has 1 atom stereocenters. The molecule has 1 saturated heterocycles. The Morgan fingerprint density at radius 2 is 1.63 bits per heavy atom. The fraction of sp³-hybridized carbons (Fsp3) is 0.310. The Morgan fingerprint density at radius 3 is 2.26 bits per heavy atom. The van der Waals surface area contributed by atoms with E-state index in [0.29, 0.717) is 6.61 Å². The molecule has 4 aromatic rings. The van der Waals surface area contributed by atoms with Crippen molar-refractivity contribution < 1.29 is 4.43 Å². The Hall–Kier alpha value is -2.15. The van der Waals surface area contributed by atoms with Gasteiger partial charge in [0.15, 0.2) is 0 Å². The third kappa shape index (κ3) is 4.93. The fourth-order valence-electron chi connectivity index (χ4n) is 5.27. The highest BCUT2D eigenvalue weighted by atomic mass is 35.5. The lowest BCUT2D eigenvalue weighted by molar-refractivity contribution is 0.243. The molecule has 182 valence electrons. The second kappa shape index (κ2) is 10.1. The summed E-state index contributed by atoms with van der Waals surface area (Å²) in [4.78, 5) is 2.49. The van der Waals surface area contributed by atoms with E-state index >= 15 is 0 Å². The van der Waals surface area contributed by atoms with Crippen molar-refractivity contribution in [1.82, 2.24) is 5.32 Å². The molecule has 0 amide bonds. The molecular weight excluding hydrogens is 488 g/mol. The first kappa shape index (κ1) is 24.5. The van der Waals surface area contributed by atoms with Crippen LogP contribution in [0.4, 0.5) is 5.00 Å². The van der Waals surface area contributed by atoms with Crippen molar-refractivity contribution in [3.8, 4) is 0 Å². The summed E-state index contributed by atoms with van der Waals surface area (Å²) in [5.41, 5.74) is 0. The first-order valence-corrected chi connectivity index (χ1v) is 15.4. The maximum atomic E-state index is 7.20. The van der Waals surface area contributed by atoms with Crippen LogP contribution in [0.25, 0.3) is 10.1 Å². The van der Waals surface area contributed by atoms with Crippen molar-refractivity contribution in [3.05, 3.63) is 90.0 Å². The van der Waals surface area contributed by atoms with Gasteiger partial charge in [-0.25, -0.2) is 0 Å². The standard InChI is InChI=1S/C29H33ClN2OSSi/c1-29(2,3)35(25-10-6-4-7-11-25,26-12-8-5-9-13-26)33-21-24-20-32(17-16-31-24)28-18-22-14-15-23(30)19-27(22)34-28/h4-15,18-19,24,31H,16-17,20-21H2,1-3H3. The van der Waals surface area contributed by atoms with Crippen molar-refractivity contribution in [3.63, 3.8) is 0 Å². The molecule has 0 bridgehead atoms. The number of rotatable bonds is 6. The summed E-state index contributed by atoms with van der Waals surface area (Å²) in [6.07, 6.45) is 0. The number of nitrogens with one attached hydrogen (secondary N) is 1. The first-order chi connectivity index (χ1) is 16.9. The monoisotopic (exact) mass is 520 g/mol. The van der Waals surface area contributed by atoms with Crippen molar-refractivity contribution in [2.24, 2.45) is 0 Å². The Labute approximate surface area is 218 Å². The highest BCUT2D eigenvalue weighted by molar-refractivity contribution is 7.22. The SMILES string of the molecule is CC(C)(C)[Si](OCC1CN(c2cc3ccc(Cl)cc3s2)CCN1)(c1ccccc1)c1ccccc1. The van der Waals surface area contributed by atoms with Crippen LogP contribution in [0.3, 0.4) is 0 Å². The molecule has 0 saturated carbocycles. The van der Waals surface area contributed by atoms with Gasteiger partial charge in [0.25, 0.3) is 8.32 Å². The van der Waals surface area contributed by atoms with Gasteiger partial charge in [0.2, 0.25) is 0 Å². The predicted molar refractivity (Wildman–Crippen MR) is 154 cm³/mol. The van der Waals surface area contributed by atoms with E-state index < -0.39 is 8.32 Å². The molecular formula is C29H33ClN2OSSi. The van der Waals surface area contributed by atoms with E-state index in [1.54, 1.807) is 0 Å². The van der Waals surface area contributed by atoms with Crippen LogP contribution in [0.5, 0.6) is 0 Å². The van der Waals surface area contributed by atoms with Crippen molar-refractivity contribution >= 4 is 56.7 Å². The Bertz CT molecular complexity index is 1230. The van der Waals surface area contributed by atoms with Gasteiger partial charge in [-0.1, -0.05) is 99.1 Å². The van der Waals surface area contributed by atoms with E-state index in [2.05, 4.69) is 110 Å². The predicted octanol–water partition coefficient (Wildman–Crippen LogP) is 5.91. The number of hydrogen-bond acceptors (Lipinski definition) is 4. The van der Waals surface area contributed by atoms with Crippen LogP contribution < -0.4 is 20.6 Å². The molecule has 6 heteroatoms. The average Bonchev–Trinajstić information content (AvgIpc) is 3.28. The molecule has 1 aromatic heterocycles. The zero-order chi connectivity index (χ0) is 24.5. The third-order valence-electron chi connectivity index (χ3n) is 6.95. The van der Waals surface area contributed by atoms with Crippen LogP contribution in [-0.4, -0.2) is 40.6 Å². The summed E-state index contributed by atoms with van der Waals surface area (Å²) >= 11 is 8.05. The Balaban J connectivity index is 1.41. The van der Waals surface area contributed by atoms with Gasteiger partial charge in [-0.3, -0.25) is 0 Å². The Kier molecular flexibility index (Phi) is 7.06. The number of fused-ring (bicyclic) bond motifs is 1. The number of halogens is 1. The average molecular weight is 521 g/mol. The van der Waals surface area contributed by atoms with E-state index in [-0.39, 0.29) is 11.1 Å². The van der Waals surface area contributed by atoms with E-state index in [0.717, 1.165) is 24.7 Å². The minimum atomic E-state index is -2.54. The van der Waals surface area contributed by atoms with E-state index in [4.69, 9.17) is 16.0 Å². The summed E-state index contributed by atoms with van der Waals surface area (Å²) in [5.74, 6) is 0. The number of thiophene rings is 1. The van der Waals surface area contributed by atoms with Gasteiger partial charge in [0.05, 0.1) is 11.6 Å². The van der Waals surface area contributed by atoms with Crippen molar-refractivity contribution in [1.29, 1.82) is 0 Å². The first-order valence-electron chi connectivity index (χ1n) is 12.3. The molecule has 1 aliphatic heterocycles. The molecule has 35 heavy (non-hydrogen) atoms. The van der Waals surface area contributed by atoms with E-state index in [9.17, 15) is 0 Å². The van der Waals surface area contributed by atoms with Crippen LogP contribution in [-0.2, 0) is 4.43 Å². The molecule has 3 aromatic carbocycles. The maximum Gasteiger partial charge on any atom is 0.261 e. The van der Waals surface area contributed by atoms with Gasteiger partial charge in [-0.15, -0.1) is 11.3 Å². The number of anilines is 1. The van der Waals surface area contributed by atoms with Gasteiger partial charge in [0, 0.05) is 35.4 Å². The quantitative estimate of drug-likeness (QED) is 0.320. The lowest BCUT2D eigenvalue weighted by Gasteiger charge is -2.44. The van der Waals surface area contributed by atoms with Crippen LogP contribution >= 0.6 is 22.9 Å². The number of piperazine rings is 1. The molecule has 1 fully saturated rings. The summed E-state index contributed by atoms with van der Waals surface area (Å²) in [5, 5.41) is 9.72. The zero-order valence-electron chi connectivity index (χ0n) is 20.6. The van der Waals surface area contributed by atoms with Gasteiger partial charge in [-0.05, 0) is 39.0 Å². The smallest absolute Gasteiger partial charge is 0.261 e. The summed E-state index contributed by atoms with van der Waals surface area (Å²) in [6.45, 7) is 10.6. The molecule has 3 nitrogen and oxygen atoms in total. The molecule has 0 radical (unpaired) electrons. The molecule has 1 unspecified atom stereocenters. The summed E-state index contributed by atoms with van der Waals surface area (Å²) in [6, 6.07) is 30.5. The van der Waals surface area contributed by atoms with Gasteiger partial charge in [0.1, 0.15) is 0 Å². The number of hydrogen-bond donors (Lipinski definition) is 1. The summed E-state index contributed by atoms with van der Waals surface area (Å²) in [7, 11) is -2.54. The Morgan fingerprint density at radius 1 is 0.971 bits per heavy atom. The van der Waals surface area contributed by atoms with Crippen LogP contribution in [0, 0.1) is 0 Å². The second-order valence-electron chi connectivity index (χ2n) is 10.3. The molecule has 1 aliphatic rings. The second-order valence-corrected chi connectivity index (χ2v) is 16.1. The number of benzene rings is 3. The minimum absolute atomic E-state index is 0.0190. The lowest BCUT2D eigenvalue weighted by atomic mass is 10.2. The third-order valence-corrected chi connectivity index (χ3v) is 13.4. The van der Waals surface area contributed by atoms with Crippen LogP contribution in [0.2, 0.25) is 10.1 Å². The topological polar surface area (TPSA) is 24.5 Å². The molecule has 5 rings (SSSR count). The highest BCUT2D eigenvalue weighted by Gasteiger charge is 2.50. The van der Waals surface area contributed by atoms with E-state index in [1.165, 1.54) is 25.5 Å². The highest BCUT2D eigenvalue weighted by Crippen LogP contribution is 2.37. The lowest BCUT2D eigenvalue weighted by Crippen LogP contribution is -2.68. The normalized spacial score (nSPS) is 17.1. The van der Waals surface area contributed by atoms with Gasteiger partial charge >= 0.3 is 0 Å².